The summed E-state index contributed by atoms with van der Waals surface area (Å²) in [5.41, 5.74) is 7.51. The van der Waals surface area contributed by atoms with Gasteiger partial charge in [-0.25, -0.2) is 0 Å². The molecule has 2 aromatic rings. The molecule has 0 amide bonds. The number of hydrogen-bond donors (Lipinski definition) is 1. The molecular weight excluding hydrogens is 356 g/mol. The summed E-state index contributed by atoms with van der Waals surface area (Å²) < 4.78 is 5.96. The quantitative estimate of drug-likeness (QED) is 0.821. The molecule has 0 saturated heterocycles. The van der Waals surface area contributed by atoms with Crippen LogP contribution in [0.25, 0.3) is 11.8 Å². The number of phenols is 1. The van der Waals surface area contributed by atoms with E-state index in [0.29, 0.717) is 41.4 Å². The molecule has 2 heterocycles. The van der Waals surface area contributed by atoms with Gasteiger partial charge in [-0.2, -0.15) is 0 Å². The molecule has 29 heavy (non-hydrogen) atoms. The summed E-state index contributed by atoms with van der Waals surface area (Å²) in [6.45, 7) is 11.3. The number of nitrogens with zero attached hydrogens (tertiary/aromatic N) is 1. The molecule has 144 valence electrons. The van der Waals surface area contributed by atoms with E-state index >= 15 is 0 Å². The van der Waals surface area contributed by atoms with Gasteiger partial charge >= 0.3 is 0 Å². The van der Waals surface area contributed by atoms with Gasteiger partial charge in [-0.1, -0.05) is 57.4 Å². The largest absolute Gasteiger partial charge is 0.508 e. The number of hydrogen-bond acceptors (Lipinski definition) is 3. The molecule has 0 bridgehead atoms. The van der Waals surface area contributed by atoms with Crippen LogP contribution in [0.4, 0.5) is 5.69 Å². The minimum Gasteiger partial charge on any atom is -0.508 e. The van der Waals surface area contributed by atoms with Crippen LogP contribution in [0, 0.1) is 0 Å². The van der Waals surface area contributed by atoms with E-state index < -0.39 is 0 Å². The Morgan fingerprint density at radius 3 is 2.69 bits per heavy atom. The lowest BCUT2D eigenvalue weighted by molar-refractivity contribution is 0.342. The predicted octanol–water partition coefficient (Wildman–Crippen LogP) is 3.67. The van der Waals surface area contributed by atoms with E-state index in [1.165, 1.54) is 5.56 Å². The summed E-state index contributed by atoms with van der Waals surface area (Å²) in [5, 5.41) is 10.6. The number of rotatable bonds is 4. The Morgan fingerprint density at radius 1 is 1.24 bits per heavy atom. The average Bonchev–Trinajstić information content (AvgIpc) is 2.73. The molecular formula is C24H25B2NO2. The molecule has 4 radical (unpaired) electrons. The van der Waals surface area contributed by atoms with E-state index in [1.807, 2.05) is 6.92 Å². The lowest BCUT2D eigenvalue weighted by Gasteiger charge is -2.41. The highest BCUT2D eigenvalue weighted by atomic mass is 16.5. The Bertz CT molecular complexity index is 1040. The van der Waals surface area contributed by atoms with Crippen molar-refractivity contribution in [3.8, 4) is 11.5 Å². The fourth-order valence-electron chi connectivity index (χ4n) is 4.39. The van der Waals surface area contributed by atoms with E-state index in [9.17, 15) is 5.11 Å². The zero-order chi connectivity index (χ0) is 20.9. The maximum absolute atomic E-state index is 10.6. The summed E-state index contributed by atoms with van der Waals surface area (Å²) >= 11 is 0. The second kappa shape index (κ2) is 7.37. The maximum atomic E-state index is 10.6. The lowest BCUT2D eigenvalue weighted by Crippen LogP contribution is -2.39. The van der Waals surface area contributed by atoms with Crippen LogP contribution in [0.3, 0.4) is 0 Å². The summed E-state index contributed by atoms with van der Waals surface area (Å²) in [5.74, 6) is 0.872. The van der Waals surface area contributed by atoms with E-state index in [2.05, 4.69) is 49.6 Å². The van der Waals surface area contributed by atoms with Crippen LogP contribution in [-0.2, 0) is 6.42 Å². The predicted molar refractivity (Wildman–Crippen MR) is 123 cm³/mol. The monoisotopic (exact) mass is 381 g/mol. The van der Waals surface area contributed by atoms with E-state index in [4.69, 9.17) is 20.4 Å². The van der Waals surface area contributed by atoms with E-state index in [-0.39, 0.29) is 11.2 Å². The normalized spacial score (nSPS) is 15.8. The van der Waals surface area contributed by atoms with Crippen molar-refractivity contribution >= 4 is 44.1 Å². The van der Waals surface area contributed by atoms with Crippen molar-refractivity contribution in [3.05, 3.63) is 52.7 Å². The fraction of sp³-hybridized carbons (Fsp3) is 0.333. The first-order chi connectivity index (χ1) is 13.9. The topological polar surface area (TPSA) is 32.7 Å². The fourth-order valence-corrected chi connectivity index (χ4v) is 4.39. The first-order valence-electron chi connectivity index (χ1n) is 10.3. The highest BCUT2D eigenvalue weighted by Gasteiger charge is 2.34. The highest BCUT2D eigenvalue weighted by Crippen LogP contribution is 2.45. The van der Waals surface area contributed by atoms with Crippen LogP contribution >= 0.6 is 0 Å². The molecule has 2 aliphatic rings. The Kier molecular flexibility index (Phi) is 5.02. The molecule has 3 nitrogen and oxygen atoms in total. The molecule has 0 aliphatic carbocycles. The Morgan fingerprint density at radius 2 is 2.00 bits per heavy atom. The Labute approximate surface area is 175 Å². The molecule has 0 spiro atoms. The van der Waals surface area contributed by atoms with Gasteiger partial charge in [0.05, 0.1) is 11.4 Å². The molecule has 1 N–H and O–H groups in total. The summed E-state index contributed by atoms with van der Waals surface area (Å²) in [7, 11) is 12.8. The zero-order valence-electron chi connectivity index (χ0n) is 17.4. The van der Waals surface area contributed by atoms with E-state index in [0.717, 1.165) is 35.4 Å². The number of phenolic OH excluding ortho intramolecular Hbond substituents is 1. The van der Waals surface area contributed by atoms with Gasteiger partial charge in [-0.15, -0.1) is 0 Å². The summed E-state index contributed by atoms with van der Waals surface area (Å²) in [4.78, 5) is 2.07. The van der Waals surface area contributed by atoms with Crippen molar-refractivity contribution in [2.24, 2.45) is 0 Å². The standard InChI is InChI=1S/C24H25B2NO2/c1-5-8-18-20(25)22-24(21(26)23(18)28)29-12-16-11-15-9-7-10-17(13(3)6-2)19(15)14(4)27(16)22/h7,9-11,13,28H,4-6,8,12H2,1-3H3. The first-order valence-corrected chi connectivity index (χ1v) is 10.3. The Balaban J connectivity index is 1.96. The molecule has 5 heteroatoms. The molecule has 1 atom stereocenters. The molecule has 1 unspecified atom stereocenters. The molecule has 0 saturated carbocycles. The summed E-state index contributed by atoms with van der Waals surface area (Å²) in [6, 6.07) is 6.39. The third-order valence-electron chi connectivity index (χ3n) is 6.11. The second-order valence-electron chi connectivity index (χ2n) is 7.91. The van der Waals surface area contributed by atoms with Crippen molar-refractivity contribution in [1.29, 1.82) is 0 Å². The second-order valence-corrected chi connectivity index (χ2v) is 7.91. The van der Waals surface area contributed by atoms with Crippen molar-refractivity contribution in [2.45, 2.75) is 46.0 Å². The van der Waals surface area contributed by atoms with Crippen LogP contribution in [-0.4, -0.2) is 27.4 Å². The van der Waals surface area contributed by atoms with Gasteiger partial charge < -0.3 is 14.7 Å². The summed E-state index contributed by atoms with van der Waals surface area (Å²) in [6.07, 6.45) is 4.68. The minimum absolute atomic E-state index is 0.0267. The first kappa shape index (κ1) is 19.8. The average molecular weight is 381 g/mol. The van der Waals surface area contributed by atoms with Crippen molar-refractivity contribution in [3.63, 3.8) is 0 Å². The lowest BCUT2D eigenvalue weighted by atomic mass is 9.78. The van der Waals surface area contributed by atoms with Gasteiger partial charge in [0.1, 0.15) is 33.8 Å². The minimum atomic E-state index is 0.0267. The SMILES string of the molecule is [B]c1c(O)c(CCC)c([B])c2c1OCC1=Cc3cccc(C(C)CC)c3C(=C)N12. The van der Waals surface area contributed by atoms with Crippen molar-refractivity contribution < 1.29 is 9.84 Å². The van der Waals surface area contributed by atoms with E-state index in [1.54, 1.807) is 0 Å². The molecule has 2 aliphatic heterocycles. The van der Waals surface area contributed by atoms with Crippen LogP contribution < -0.4 is 20.6 Å². The number of fused-ring (bicyclic) bond motifs is 4. The third-order valence-corrected chi connectivity index (χ3v) is 6.11. The van der Waals surface area contributed by atoms with Gasteiger partial charge in [0.15, 0.2) is 0 Å². The number of benzene rings is 2. The van der Waals surface area contributed by atoms with Gasteiger partial charge in [-0.3, -0.25) is 0 Å². The number of aromatic hydroxyl groups is 1. The van der Waals surface area contributed by atoms with Gasteiger partial charge in [0, 0.05) is 11.3 Å². The van der Waals surface area contributed by atoms with Gasteiger partial charge in [-0.05, 0) is 47.0 Å². The van der Waals surface area contributed by atoms with Gasteiger partial charge in [0.25, 0.3) is 0 Å². The number of anilines is 1. The molecule has 0 fully saturated rings. The van der Waals surface area contributed by atoms with Crippen molar-refractivity contribution in [1.82, 2.24) is 0 Å². The van der Waals surface area contributed by atoms with Crippen LogP contribution in [0.15, 0.2) is 30.5 Å². The van der Waals surface area contributed by atoms with Gasteiger partial charge in [0.2, 0.25) is 0 Å². The van der Waals surface area contributed by atoms with Crippen molar-refractivity contribution in [2.75, 3.05) is 11.5 Å². The maximum Gasteiger partial charge on any atom is 0.139 e. The van der Waals surface area contributed by atoms with Crippen LogP contribution in [0.5, 0.6) is 11.5 Å². The molecule has 4 rings (SSSR count). The third kappa shape index (κ3) is 2.90. The highest BCUT2D eigenvalue weighted by molar-refractivity contribution is 6.43. The molecule has 2 aromatic carbocycles. The van der Waals surface area contributed by atoms with Crippen LogP contribution in [0.1, 0.15) is 61.8 Å². The van der Waals surface area contributed by atoms with Crippen LogP contribution in [0.2, 0.25) is 0 Å². The zero-order valence-corrected chi connectivity index (χ0v) is 17.4. The smallest absolute Gasteiger partial charge is 0.139 e. The molecule has 0 aromatic heterocycles. The number of ether oxygens (including phenoxy) is 1. The Hall–Kier alpha value is -2.55.